The maximum atomic E-state index is 10.1. The van der Waals surface area contributed by atoms with Crippen LogP contribution in [0.3, 0.4) is 0 Å². The predicted octanol–water partition coefficient (Wildman–Crippen LogP) is 6.15. The molecule has 0 heterocycles. The number of hydrogen-bond acceptors (Lipinski definition) is 2. The van der Waals surface area contributed by atoms with Gasteiger partial charge in [-0.2, -0.15) is 0 Å². The van der Waals surface area contributed by atoms with Gasteiger partial charge in [0.25, 0.3) is 0 Å². The second-order valence-corrected chi connectivity index (χ2v) is 10.3. The van der Waals surface area contributed by atoms with E-state index in [9.17, 15) is 10.2 Å². The Kier molecular flexibility index (Phi) is 6.26. The van der Waals surface area contributed by atoms with Crippen LogP contribution in [0.4, 0.5) is 0 Å². The normalized spacial score (nSPS) is 16.5. The zero-order valence-electron chi connectivity index (χ0n) is 14.8. The van der Waals surface area contributed by atoms with Crippen LogP contribution in [-0.2, 0) is 12.8 Å². The Morgan fingerprint density at radius 2 is 1.61 bits per heavy atom. The van der Waals surface area contributed by atoms with Crippen molar-refractivity contribution in [2.75, 3.05) is 0 Å². The van der Waals surface area contributed by atoms with Crippen molar-refractivity contribution in [2.45, 2.75) is 82.0 Å². The smallest absolute Gasteiger partial charge is 0.122 e. The van der Waals surface area contributed by atoms with Crippen LogP contribution >= 0.6 is 22.6 Å². The first-order chi connectivity index (χ1) is 10.7. The second-order valence-electron chi connectivity index (χ2n) is 7.99. The van der Waals surface area contributed by atoms with Gasteiger partial charge in [0.1, 0.15) is 11.5 Å². The Balaban J connectivity index is 1.92. The zero-order chi connectivity index (χ0) is 17.1. The van der Waals surface area contributed by atoms with E-state index in [1.54, 1.807) is 0 Å². The van der Waals surface area contributed by atoms with Gasteiger partial charge < -0.3 is 10.2 Å². The van der Waals surface area contributed by atoms with Crippen molar-refractivity contribution in [3.8, 4) is 11.5 Å². The molecule has 0 aliphatic heterocycles. The van der Waals surface area contributed by atoms with Gasteiger partial charge in [-0.05, 0) is 74.0 Å². The molecule has 1 saturated carbocycles. The van der Waals surface area contributed by atoms with Crippen LogP contribution in [0.2, 0.25) is 0 Å². The third kappa shape index (κ3) is 5.84. The molecule has 0 radical (unpaired) electrons. The van der Waals surface area contributed by atoms with Gasteiger partial charge in [-0.3, -0.25) is 0 Å². The molecule has 1 aromatic carbocycles. The molecular weight excluding hydrogens is 399 g/mol. The molecule has 130 valence electrons. The van der Waals surface area contributed by atoms with Gasteiger partial charge in [-0.15, -0.1) is 0 Å². The fraction of sp³-hybridized carbons (Fsp3) is 0.700. The Morgan fingerprint density at radius 1 is 1.04 bits per heavy atom. The lowest BCUT2D eigenvalue weighted by Crippen LogP contribution is -2.09. The largest absolute Gasteiger partial charge is 0.508 e. The van der Waals surface area contributed by atoms with Crippen molar-refractivity contribution in [3.05, 3.63) is 23.3 Å². The molecule has 1 aromatic rings. The fourth-order valence-electron chi connectivity index (χ4n) is 2.99. The molecule has 2 N–H and O–H groups in total. The quantitative estimate of drug-likeness (QED) is 0.365. The molecular formula is C20H31IO2. The Bertz CT molecular complexity index is 533. The van der Waals surface area contributed by atoms with Gasteiger partial charge in [-0.25, -0.2) is 0 Å². The van der Waals surface area contributed by atoms with E-state index in [4.69, 9.17) is 0 Å². The van der Waals surface area contributed by atoms with Gasteiger partial charge in [0.2, 0.25) is 0 Å². The summed E-state index contributed by atoms with van der Waals surface area (Å²) >= 11 is 2.58. The van der Waals surface area contributed by atoms with Gasteiger partial charge in [0.15, 0.2) is 0 Å². The Morgan fingerprint density at radius 3 is 2.13 bits per heavy atom. The van der Waals surface area contributed by atoms with Crippen molar-refractivity contribution in [3.63, 3.8) is 0 Å². The number of hydrogen-bond donors (Lipinski definition) is 2. The first-order valence-corrected chi connectivity index (χ1v) is 10.1. The maximum Gasteiger partial charge on any atom is 0.122 e. The molecule has 0 spiro atoms. The molecule has 1 aliphatic rings. The summed E-state index contributed by atoms with van der Waals surface area (Å²) < 4.78 is 0.541. The summed E-state index contributed by atoms with van der Waals surface area (Å²) in [5.74, 6) is 0.492. The lowest BCUT2D eigenvalue weighted by atomic mass is 9.84. The monoisotopic (exact) mass is 430 g/mol. The lowest BCUT2D eigenvalue weighted by Gasteiger charge is -2.22. The number of rotatable bonds is 9. The van der Waals surface area contributed by atoms with Crippen molar-refractivity contribution < 1.29 is 10.2 Å². The van der Waals surface area contributed by atoms with Gasteiger partial charge in [0.05, 0.1) is 0 Å². The molecule has 0 bridgehead atoms. The number of phenols is 2. The van der Waals surface area contributed by atoms with Crippen LogP contribution in [0.15, 0.2) is 12.1 Å². The summed E-state index contributed by atoms with van der Waals surface area (Å²) in [7, 11) is 0. The summed E-state index contributed by atoms with van der Waals surface area (Å²) in [6.45, 7) is 6.83. The summed E-state index contributed by atoms with van der Waals surface area (Å²) in [6.07, 6.45) is 10.2. The highest BCUT2D eigenvalue weighted by atomic mass is 127. The number of alkyl halides is 1. The summed E-state index contributed by atoms with van der Waals surface area (Å²) in [6, 6.07) is 3.56. The first kappa shape index (κ1) is 18.9. The summed E-state index contributed by atoms with van der Waals surface area (Å²) in [5.41, 5.74) is 2.35. The molecule has 0 aromatic heterocycles. The molecule has 1 fully saturated rings. The topological polar surface area (TPSA) is 40.5 Å². The third-order valence-electron chi connectivity index (χ3n) is 5.40. The minimum atomic E-state index is 0.244. The molecule has 3 heteroatoms. The molecule has 0 unspecified atom stereocenters. The van der Waals surface area contributed by atoms with Crippen LogP contribution in [0, 0.1) is 5.41 Å². The van der Waals surface area contributed by atoms with E-state index in [2.05, 4.69) is 43.4 Å². The molecule has 0 atom stereocenters. The van der Waals surface area contributed by atoms with Crippen molar-refractivity contribution in [1.82, 2.24) is 0 Å². The van der Waals surface area contributed by atoms with Crippen molar-refractivity contribution in [2.24, 2.45) is 5.41 Å². The molecule has 1 aliphatic carbocycles. The molecule has 23 heavy (non-hydrogen) atoms. The van der Waals surface area contributed by atoms with E-state index in [0.29, 0.717) is 8.84 Å². The molecule has 0 amide bonds. The van der Waals surface area contributed by atoms with Crippen molar-refractivity contribution >= 4 is 22.6 Å². The number of aryl methyl sites for hydroxylation is 2. The lowest BCUT2D eigenvalue weighted by molar-refractivity contribution is 0.312. The van der Waals surface area contributed by atoms with E-state index in [-0.39, 0.29) is 11.5 Å². The first-order valence-electron chi connectivity index (χ1n) is 8.97. The summed E-state index contributed by atoms with van der Waals surface area (Å²) in [5, 5.41) is 20.2. The minimum absolute atomic E-state index is 0.244. The highest BCUT2D eigenvalue weighted by Gasteiger charge is 2.38. The number of phenolic OH excluding ortho intramolecular Hbond substituents is 2. The highest BCUT2D eigenvalue weighted by molar-refractivity contribution is 14.1. The average Bonchev–Trinajstić information content (AvgIpc) is 3.21. The van der Waals surface area contributed by atoms with E-state index in [1.807, 2.05) is 6.07 Å². The maximum absolute atomic E-state index is 10.1. The fourth-order valence-corrected chi connectivity index (χ4v) is 3.64. The van der Waals surface area contributed by atoms with E-state index in [0.717, 1.165) is 43.2 Å². The number of aromatic hydroxyl groups is 2. The average molecular weight is 430 g/mol. The van der Waals surface area contributed by atoms with Gasteiger partial charge in [0, 0.05) is 9.49 Å². The minimum Gasteiger partial charge on any atom is -0.508 e. The van der Waals surface area contributed by atoms with Gasteiger partial charge >= 0.3 is 0 Å². The third-order valence-corrected chi connectivity index (χ3v) is 7.02. The predicted molar refractivity (Wildman–Crippen MR) is 106 cm³/mol. The zero-order valence-corrected chi connectivity index (χ0v) is 16.9. The summed E-state index contributed by atoms with van der Waals surface area (Å²) in [4.78, 5) is 0. The number of halogens is 1. The van der Waals surface area contributed by atoms with E-state index < -0.39 is 0 Å². The second kappa shape index (κ2) is 7.62. The highest BCUT2D eigenvalue weighted by Crippen LogP contribution is 2.49. The van der Waals surface area contributed by atoms with E-state index >= 15 is 0 Å². The Hall–Kier alpha value is -0.450. The number of benzene rings is 1. The van der Waals surface area contributed by atoms with Crippen LogP contribution in [-0.4, -0.2) is 13.6 Å². The SMILES string of the molecule is CCC(C)(C)CCCc1cc(CCCC2(I)CC2)c(O)cc1O. The van der Waals surface area contributed by atoms with Crippen LogP contribution < -0.4 is 0 Å². The molecule has 2 rings (SSSR count). The van der Waals surface area contributed by atoms with Crippen LogP contribution in [0.5, 0.6) is 11.5 Å². The van der Waals surface area contributed by atoms with Gasteiger partial charge in [-0.1, -0.05) is 49.8 Å². The van der Waals surface area contributed by atoms with Crippen molar-refractivity contribution in [1.29, 1.82) is 0 Å². The van der Waals surface area contributed by atoms with Crippen LogP contribution in [0.25, 0.3) is 0 Å². The molecule has 2 nitrogen and oxygen atoms in total. The standard InChI is InChI=1S/C20H31IO2/c1-4-19(2,3)9-5-7-15-13-16(18(23)14-17(15)22)8-6-10-20(21)11-12-20/h13-14,22-23H,4-12H2,1-3H3. The molecule has 0 saturated heterocycles. The van der Waals surface area contributed by atoms with E-state index in [1.165, 1.54) is 31.7 Å². The Labute approximate surface area is 154 Å². The van der Waals surface area contributed by atoms with Crippen LogP contribution in [0.1, 0.15) is 76.8 Å².